The molecule has 2 aromatic carbocycles. The molecule has 2 saturated heterocycles. The lowest BCUT2D eigenvalue weighted by molar-refractivity contribution is -0.141. The van der Waals surface area contributed by atoms with Crippen LogP contribution in [-0.4, -0.2) is 117 Å². The van der Waals surface area contributed by atoms with E-state index < -0.39 is 12.1 Å². The van der Waals surface area contributed by atoms with Crippen LogP contribution in [0.2, 0.25) is 0 Å². The van der Waals surface area contributed by atoms with E-state index in [0.29, 0.717) is 44.8 Å². The van der Waals surface area contributed by atoms with Gasteiger partial charge in [-0.3, -0.25) is 24.1 Å². The van der Waals surface area contributed by atoms with Crippen molar-refractivity contribution in [2.24, 2.45) is 0 Å². The molecule has 244 valence electrons. The van der Waals surface area contributed by atoms with E-state index in [1.165, 1.54) is 16.2 Å². The first-order valence-electron chi connectivity index (χ1n) is 15.9. The van der Waals surface area contributed by atoms with E-state index in [1.54, 1.807) is 21.1 Å². The van der Waals surface area contributed by atoms with Crippen molar-refractivity contribution in [2.45, 2.75) is 51.6 Å². The molecule has 2 heterocycles. The van der Waals surface area contributed by atoms with E-state index in [2.05, 4.69) is 51.6 Å². The Morgan fingerprint density at radius 3 is 2.36 bits per heavy atom. The minimum absolute atomic E-state index is 0.0238. The van der Waals surface area contributed by atoms with E-state index in [9.17, 15) is 19.2 Å². The summed E-state index contributed by atoms with van der Waals surface area (Å²) < 4.78 is 5.24. The summed E-state index contributed by atoms with van der Waals surface area (Å²) in [6, 6.07) is 14.2. The highest BCUT2D eigenvalue weighted by Crippen LogP contribution is 2.18. The first kappa shape index (κ1) is 33.8. The third-order valence-corrected chi connectivity index (χ3v) is 8.73. The zero-order valence-electron chi connectivity index (χ0n) is 27.1. The van der Waals surface area contributed by atoms with Gasteiger partial charge in [-0.15, -0.1) is 0 Å². The van der Waals surface area contributed by atoms with Crippen LogP contribution < -0.4 is 20.3 Å². The van der Waals surface area contributed by atoms with Gasteiger partial charge >= 0.3 is 0 Å². The van der Waals surface area contributed by atoms with E-state index in [4.69, 9.17) is 4.74 Å². The van der Waals surface area contributed by atoms with Crippen LogP contribution in [0.4, 0.5) is 5.69 Å². The summed E-state index contributed by atoms with van der Waals surface area (Å²) in [6.45, 7) is 8.67. The summed E-state index contributed by atoms with van der Waals surface area (Å²) in [5, 5.41) is 5.82. The van der Waals surface area contributed by atoms with Crippen LogP contribution in [0.15, 0.2) is 48.5 Å². The topological polar surface area (TPSA) is 115 Å². The van der Waals surface area contributed by atoms with Crippen LogP contribution in [0.3, 0.4) is 0 Å². The molecular weight excluding hydrogens is 572 g/mol. The summed E-state index contributed by atoms with van der Waals surface area (Å²) >= 11 is 0. The maximum Gasteiger partial charge on any atom is 0.245 e. The highest BCUT2D eigenvalue weighted by molar-refractivity contribution is 5.92. The Morgan fingerprint density at radius 2 is 1.67 bits per heavy atom. The first-order chi connectivity index (χ1) is 21.6. The van der Waals surface area contributed by atoms with E-state index in [0.717, 1.165) is 31.7 Å². The van der Waals surface area contributed by atoms with Gasteiger partial charge in [-0.2, -0.15) is 0 Å². The number of carbonyl (C=O) groups excluding carboxylic acids is 4. The maximum atomic E-state index is 13.5. The van der Waals surface area contributed by atoms with Crippen molar-refractivity contribution in [3.63, 3.8) is 0 Å². The molecule has 0 radical (unpaired) electrons. The second-order valence-electron chi connectivity index (χ2n) is 12.0. The number of nitrogens with zero attached hydrogens (tertiary/aromatic N) is 4. The van der Waals surface area contributed by atoms with Crippen molar-refractivity contribution in [3.8, 4) is 5.75 Å². The maximum absolute atomic E-state index is 13.5. The largest absolute Gasteiger partial charge is 0.497 e. The Labute approximate surface area is 266 Å². The molecule has 4 rings (SSSR count). The van der Waals surface area contributed by atoms with E-state index >= 15 is 0 Å². The molecule has 0 saturated carbocycles. The predicted octanol–water partition coefficient (Wildman–Crippen LogP) is 1.83. The summed E-state index contributed by atoms with van der Waals surface area (Å²) in [4.78, 5) is 60.7. The average molecular weight is 621 g/mol. The molecule has 2 aromatic rings. The zero-order valence-corrected chi connectivity index (χ0v) is 27.1. The van der Waals surface area contributed by atoms with Gasteiger partial charge in [0.2, 0.25) is 23.6 Å². The molecule has 2 atom stereocenters. The number of anilines is 1. The molecule has 0 unspecified atom stereocenters. The van der Waals surface area contributed by atoms with E-state index in [1.807, 2.05) is 29.2 Å². The molecule has 0 aliphatic carbocycles. The van der Waals surface area contributed by atoms with Gasteiger partial charge < -0.3 is 30.1 Å². The molecule has 11 nitrogen and oxygen atoms in total. The van der Waals surface area contributed by atoms with Gasteiger partial charge in [0.1, 0.15) is 17.8 Å². The number of amides is 4. The molecule has 2 aliphatic heterocycles. The Bertz CT molecular complexity index is 1310. The smallest absolute Gasteiger partial charge is 0.245 e. The number of nitrogens with one attached hydrogen (secondary N) is 2. The summed E-state index contributed by atoms with van der Waals surface area (Å²) in [7, 11) is 3.17. The number of rotatable bonds is 6. The number of hydrogen-bond donors (Lipinski definition) is 2. The van der Waals surface area contributed by atoms with Crippen molar-refractivity contribution >= 4 is 29.3 Å². The SMILES string of the molecule is COc1ccc(C[C@@H]2NC(=O)CCCN(C(=O)CN3CCN(c4cccc(C)c4)CC3)CCCNC(=O)[C@H](C)N(C)C2=O)cc1. The molecule has 0 bridgehead atoms. The minimum atomic E-state index is -0.840. The monoisotopic (exact) mass is 620 g/mol. The van der Waals surface area contributed by atoms with Gasteiger partial charge in [0.25, 0.3) is 0 Å². The van der Waals surface area contributed by atoms with Crippen molar-refractivity contribution in [2.75, 3.05) is 71.4 Å². The number of likely N-dealkylation sites (N-methyl/N-ethyl adjacent to an activating group) is 1. The highest BCUT2D eigenvalue weighted by atomic mass is 16.5. The number of methoxy groups -OCH3 is 1. The van der Waals surface area contributed by atoms with Crippen LogP contribution in [0.5, 0.6) is 5.75 Å². The predicted molar refractivity (Wildman–Crippen MR) is 174 cm³/mol. The quantitative estimate of drug-likeness (QED) is 0.507. The molecule has 0 spiro atoms. The molecule has 0 aromatic heterocycles. The number of hydrogen-bond acceptors (Lipinski definition) is 7. The van der Waals surface area contributed by atoms with Crippen molar-refractivity contribution < 1.29 is 23.9 Å². The fourth-order valence-corrected chi connectivity index (χ4v) is 5.78. The zero-order chi connectivity index (χ0) is 32.3. The van der Waals surface area contributed by atoms with Gasteiger partial charge in [-0.25, -0.2) is 0 Å². The number of aryl methyl sites for hydroxylation is 1. The van der Waals surface area contributed by atoms with Gasteiger partial charge in [-0.1, -0.05) is 24.3 Å². The van der Waals surface area contributed by atoms with Gasteiger partial charge in [0, 0.05) is 71.4 Å². The number of carbonyl (C=O) groups is 4. The van der Waals surface area contributed by atoms with Gasteiger partial charge in [-0.05, 0) is 62.1 Å². The van der Waals surface area contributed by atoms with Gasteiger partial charge in [0.05, 0.1) is 13.7 Å². The second kappa shape index (κ2) is 16.3. The molecular formula is C34H48N6O5. The Balaban J connectivity index is 1.38. The molecule has 45 heavy (non-hydrogen) atoms. The third kappa shape index (κ3) is 9.68. The normalized spacial score (nSPS) is 21.4. The van der Waals surface area contributed by atoms with Crippen molar-refractivity contribution in [1.82, 2.24) is 25.3 Å². The average Bonchev–Trinajstić information content (AvgIpc) is 3.04. The van der Waals surface area contributed by atoms with E-state index in [-0.39, 0.29) is 36.5 Å². The number of piperazine rings is 1. The summed E-state index contributed by atoms with van der Waals surface area (Å²) in [5.74, 6) is -0.157. The lowest BCUT2D eigenvalue weighted by Gasteiger charge is -2.36. The molecule has 4 amide bonds. The van der Waals surface area contributed by atoms with Crippen molar-refractivity contribution in [1.29, 1.82) is 0 Å². The van der Waals surface area contributed by atoms with Gasteiger partial charge in [0.15, 0.2) is 0 Å². The van der Waals surface area contributed by atoms with Crippen LogP contribution in [-0.2, 0) is 25.6 Å². The van der Waals surface area contributed by atoms with Crippen LogP contribution in [0, 0.1) is 6.92 Å². The standard InChI is InChI=1S/C34H48N6O5/c1-25-8-5-9-28(22-25)39-20-18-38(19-21-39)24-32(42)40-16-6-10-31(41)36-30(23-27-11-13-29(45-4)14-12-27)34(44)37(3)26(2)33(43)35-15-7-17-40/h5,8-9,11-14,22,26,30H,6-7,10,15-21,23-24H2,1-4H3,(H,35,43)(H,36,41)/t26-,30-/m0/s1. The van der Waals surface area contributed by atoms with Crippen LogP contribution in [0.25, 0.3) is 0 Å². The summed E-state index contributed by atoms with van der Waals surface area (Å²) in [6.07, 6.45) is 1.51. The molecule has 2 N–H and O–H groups in total. The fourth-order valence-electron chi connectivity index (χ4n) is 5.78. The van der Waals surface area contributed by atoms with Crippen LogP contribution >= 0.6 is 0 Å². The second-order valence-corrected chi connectivity index (χ2v) is 12.0. The third-order valence-electron chi connectivity index (χ3n) is 8.73. The Morgan fingerprint density at radius 1 is 0.956 bits per heavy atom. The first-order valence-corrected chi connectivity index (χ1v) is 15.9. The number of benzene rings is 2. The lowest BCUT2D eigenvalue weighted by atomic mass is 10.0. The molecule has 11 heteroatoms. The molecule has 2 aliphatic rings. The number of ether oxygens (including phenoxy) is 1. The Kier molecular flexibility index (Phi) is 12.2. The van der Waals surface area contributed by atoms with Crippen molar-refractivity contribution in [3.05, 3.63) is 59.7 Å². The minimum Gasteiger partial charge on any atom is -0.497 e. The summed E-state index contributed by atoms with van der Waals surface area (Å²) in [5.41, 5.74) is 3.29. The lowest BCUT2D eigenvalue weighted by Crippen LogP contribution is -2.54. The van der Waals surface area contributed by atoms with Crippen LogP contribution in [0.1, 0.15) is 37.3 Å². The Hall–Kier alpha value is -4.12. The fraction of sp³-hybridized carbons (Fsp3) is 0.529. The highest BCUT2D eigenvalue weighted by Gasteiger charge is 2.30. The molecule has 2 fully saturated rings.